The van der Waals surface area contributed by atoms with Crippen LogP contribution in [-0.2, 0) is 4.79 Å². The molecule has 0 unspecified atom stereocenters. The van der Waals surface area contributed by atoms with Gasteiger partial charge in [0.1, 0.15) is 11.6 Å². The Balaban J connectivity index is 1.64. The van der Waals surface area contributed by atoms with E-state index in [0.717, 1.165) is 18.5 Å². The van der Waals surface area contributed by atoms with Crippen LogP contribution in [0.5, 0.6) is 5.75 Å². The maximum absolute atomic E-state index is 13.0. The second kappa shape index (κ2) is 6.40. The van der Waals surface area contributed by atoms with Crippen molar-refractivity contribution in [2.24, 2.45) is 0 Å². The van der Waals surface area contributed by atoms with E-state index in [1.165, 1.54) is 18.2 Å². The number of hydrogen-bond donors (Lipinski definition) is 1. The van der Waals surface area contributed by atoms with Gasteiger partial charge in [-0.15, -0.1) is 0 Å². The first kappa shape index (κ1) is 14.9. The molecule has 1 amide bonds. The minimum absolute atomic E-state index is 0.0646. The van der Waals surface area contributed by atoms with Gasteiger partial charge in [-0.2, -0.15) is 0 Å². The number of rotatable bonds is 4. The van der Waals surface area contributed by atoms with Gasteiger partial charge in [0.25, 0.3) is 5.91 Å². The molecule has 1 fully saturated rings. The van der Waals surface area contributed by atoms with E-state index in [1.807, 2.05) is 23.2 Å². The number of halogens is 2. The third-order valence-corrected chi connectivity index (χ3v) is 4.09. The van der Waals surface area contributed by atoms with E-state index in [9.17, 15) is 9.18 Å². The number of benzene rings is 1. The molecule has 1 saturated heterocycles. The predicted octanol–water partition coefficient (Wildman–Crippen LogP) is 3.55. The summed E-state index contributed by atoms with van der Waals surface area (Å²) in [5.41, 5.74) is 1.03. The molecule has 0 aliphatic carbocycles. The minimum atomic E-state index is -0.435. The highest BCUT2D eigenvalue weighted by Crippen LogP contribution is 2.31. The molecule has 0 bridgehead atoms. The summed E-state index contributed by atoms with van der Waals surface area (Å²) in [6.07, 6.45) is 3.75. The van der Waals surface area contributed by atoms with Crippen LogP contribution in [0, 0.1) is 5.82 Å². The van der Waals surface area contributed by atoms with Crippen molar-refractivity contribution in [3.63, 3.8) is 0 Å². The standard InChI is InChI=1S/C16H16ClFN2O2/c17-12-9-11(18)5-6-15(12)22-10-16(21)20-8-2-4-14(20)13-3-1-7-19-13/h1,3,5-7,9,14,19H,2,4,8,10H2/t14-/m0/s1. The van der Waals surface area contributed by atoms with Gasteiger partial charge in [-0.1, -0.05) is 11.6 Å². The summed E-state index contributed by atoms with van der Waals surface area (Å²) < 4.78 is 18.4. The maximum Gasteiger partial charge on any atom is 0.261 e. The van der Waals surface area contributed by atoms with E-state index >= 15 is 0 Å². The zero-order valence-corrected chi connectivity index (χ0v) is 12.6. The smallest absolute Gasteiger partial charge is 0.261 e. The molecule has 3 rings (SSSR count). The second-order valence-electron chi connectivity index (χ2n) is 5.23. The molecule has 0 saturated carbocycles. The zero-order valence-electron chi connectivity index (χ0n) is 11.9. The fourth-order valence-corrected chi connectivity index (χ4v) is 2.98. The normalized spacial score (nSPS) is 17.7. The van der Waals surface area contributed by atoms with Gasteiger partial charge in [-0.25, -0.2) is 4.39 Å². The summed E-state index contributed by atoms with van der Waals surface area (Å²) >= 11 is 5.89. The third kappa shape index (κ3) is 3.09. The number of amides is 1. The summed E-state index contributed by atoms with van der Waals surface area (Å²) in [5.74, 6) is -0.223. The van der Waals surface area contributed by atoms with Crippen LogP contribution in [0.25, 0.3) is 0 Å². The van der Waals surface area contributed by atoms with Gasteiger partial charge >= 0.3 is 0 Å². The molecule has 1 atom stereocenters. The number of likely N-dealkylation sites (tertiary alicyclic amines) is 1. The van der Waals surface area contributed by atoms with Gasteiger partial charge in [0.2, 0.25) is 0 Å². The van der Waals surface area contributed by atoms with Crippen molar-refractivity contribution >= 4 is 17.5 Å². The van der Waals surface area contributed by atoms with Crippen molar-refractivity contribution in [2.75, 3.05) is 13.2 Å². The Kier molecular flexibility index (Phi) is 4.34. The molecule has 2 heterocycles. The molecule has 22 heavy (non-hydrogen) atoms. The van der Waals surface area contributed by atoms with Gasteiger partial charge in [0.15, 0.2) is 6.61 Å². The third-order valence-electron chi connectivity index (χ3n) is 3.80. The van der Waals surface area contributed by atoms with Crippen molar-refractivity contribution in [3.8, 4) is 5.75 Å². The van der Waals surface area contributed by atoms with Crippen LogP contribution in [0.15, 0.2) is 36.5 Å². The molecule has 1 aromatic heterocycles. The lowest BCUT2D eigenvalue weighted by Crippen LogP contribution is -2.34. The molecule has 6 heteroatoms. The summed E-state index contributed by atoms with van der Waals surface area (Å²) in [6, 6.07) is 7.81. The highest BCUT2D eigenvalue weighted by Gasteiger charge is 2.30. The van der Waals surface area contributed by atoms with Crippen molar-refractivity contribution in [2.45, 2.75) is 18.9 Å². The van der Waals surface area contributed by atoms with E-state index in [4.69, 9.17) is 16.3 Å². The second-order valence-corrected chi connectivity index (χ2v) is 5.64. The summed E-state index contributed by atoms with van der Waals surface area (Å²) in [7, 11) is 0. The maximum atomic E-state index is 13.0. The molecule has 116 valence electrons. The Labute approximate surface area is 132 Å². The van der Waals surface area contributed by atoms with Crippen LogP contribution >= 0.6 is 11.6 Å². The van der Waals surface area contributed by atoms with E-state index in [1.54, 1.807) is 0 Å². The Morgan fingerprint density at radius 1 is 1.45 bits per heavy atom. The molecule has 1 N–H and O–H groups in total. The van der Waals surface area contributed by atoms with E-state index in [-0.39, 0.29) is 23.6 Å². The molecular formula is C16H16ClFN2O2. The van der Waals surface area contributed by atoms with Crippen LogP contribution < -0.4 is 4.74 Å². The highest BCUT2D eigenvalue weighted by molar-refractivity contribution is 6.32. The SMILES string of the molecule is O=C(COc1ccc(F)cc1Cl)N1CCC[C@H]1c1ccc[nH]1. The van der Waals surface area contributed by atoms with E-state index in [2.05, 4.69) is 4.98 Å². The molecule has 1 aromatic carbocycles. The Hall–Kier alpha value is -2.01. The van der Waals surface area contributed by atoms with Gasteiger partial charge in [0, 0.05) is 18.4 Å². The first-order valence-electron chi connectivity index (χ1n) is 7.16. The number of ether oxygens (including phenoxy) is 1. The van der Waals surface area contributed by atoms with Crippen LogP contribution in [0.2, 0.25) is 5.02 Å². The van der Waals surface area contributed by atoms with Crippen LogP contribution in [0.4, 0.5) is 4.39 Å². The van der Waals surface area contributed by atoms with Crippen LogP contribution in [0.3, 0.4) is 0 Å². The molecule has 4 nitrogen and oxygen atoms in total. The number of hydrogen-bond acceptors (Lipinski definition) is 2. The number of nitrogens with zero attached hydrogens (tertiary/aromatic N) is 1. The number of aromatic amines is 1. The van der Waals surface area contributed by atoms with Gasteiger partial charge in [-0.05, 0) is 43.2 Å². The fourth-order valence-electron chi connectivity index (χ4n) is 2.75. The van der Waals surface area contributed by atoms with Crippen molar-refractivity contribution in [1.82, 2.24) is 9.88 Å². The first-order valence-corrected chi connectivity index (χ1v) is 7.53. The lowest BCUT2D eigenvalue weighted by Gasteiger charge is -2.24. The Morgan fingerprint density at radius 3 is 3.05 bits per heavy atom. The summed E-state index contributed by atoms with van der Waals surface area (Å²) in [4.78, 5) is 17.3. The summed E-state index contributed by atoms with van der Waals surface area (Å²) in [6.45, 7) is 0.603. The lowest BCUT2D eigenvalue weighted by atomic mass is 10.1. The lowest BCUT2D eigenvalue weighted by molar-refractivity contribution is -0.134. The van der Waals surface area contributed by atoms with Crippen molar-refractivity contribution in [1.29, 1.82) is 0 Å². The number of carbonyl (C=O) groups excluding carboxylic acids is 1. The van der Waals surface area contributed by atoms with Crippen molar-refractivity contribution in [3.05, 3.63) is 53.1 Å². The minimum Gasteiger partial charge on any atom is -0.482 e. The first-order chi connectivity index (χ1) is 10.6. The quantitative estimate of drug-likeness (QED) is 0.935. The van der Waals surface area contributed by atoms with Crippen molar-refractivity contribution < 1.29 is 13.9 Å². The van der Waals surface area contributed by atoms with E-state index in [0.29, 0.717) is 12.3 Å². The van der Waals surface area contributed by atoms with Crippen LogP contribution in [0.1, 0.15) is 24.6 Å². The monoisotopic (exact) mass is 322 g/mol. The van der Waals surface area contributed by atoms with E-state index < -0.39 is 5.82 Å². The average molecular weight is 323 g/mol. The highest BCUT2D eigenvalue weighted by atomic mass is 35.5. The fraction of sp³-hybridized carbons (Fsp3) is 0.312. The number of H-pyrrole nitrogens is 1. The molecule has 1 aliphatic rings. The zero-order chi connectivity index (χ0) is 15.5. The summed E-state index contributed by atoms with van der Waals surface area (Å²) in [5, 5.41) is 0.162. The Bertz CT molecular complexity index is 660. The molecule has 1 aliphatic heterocycles. The molecule has 2 aromatic rings. The van der Waals surface area contributed by atoms with Gasteiger partial charge in [0.05, 0.1) is 11.1 Å². The number of nitrogens with one attached hydrogen (secondary N) is 1. The molecular weight excluding hydrogens is 307 g/mol. The largest absolute Gasteiger partial charge is 0.482 e. The molecule has 0 spiro atoms. The average Bonchev–Trinajstić information content (AvgIpc) is 3.16. The topological polar surface area (TPSA) is 45.3 Å². The van der Waals surface area contributed by atoms with Gasteiger partial charge < -0.3 is 14.6 Å². The number of carbonyl (C=O) groups is 1. The number of aromatic nitrogens is 1. The Morgan fingerprint density at radius 2 is 2.32 bits per heavy atom. The predicted molar refractivity (Wildman–Crippen MR) is 81.4 cm³/mol. The molecule has 0 radical (unpaired) electrons. The van der Waals surface area contributed by atoms with Gasteiger partial charge in [-0.3, -0.25) is 4.79 Å². The van der Waals surface area contributed by atoms with Crippen LogP contribution in [-0.4, -0.2) is 28.9 Å².